The summed E-state index contributed by atoms with van der Waals surface area (Å²) in [6.45, 7) is 0.649. The Labute approximate surface area is 154 Å². The summed E-state index contributed by atoms with van der Waals surface area (Å²) >= 11 is 0. The zero-order valence-electron chi connectivity index (χ0n) is 15.4. The second-order valence-electron chi connectivity index (χ2n) is 8.22. The van der Waals surface area contributed by atoms with Crippen LogP contribution in [-0.4, -0.2) is 49.6 Å². The van der Waals surface area contributed by atoms with Crippen molar-refractivity contribution < 1.29 is 28.5 Å². The van der Waals surface area contributed by atoms with E-state index >= 15 is 0 Å². The molecule has 4 atom stereocenters. The molecule has 2 saturated carbocycles. The SMILES string of the molecule is O=C(OC1COC2C(OC(=O)C3CCCCC3)COC12)C1CCCCC1. The summed E-state index contributed by atoms with van der Waals surface area (Å²) in [7, 11) is 0. The molecule has 4 rings (SSSR count). The molecular weight excluding hydrogens is 336 g/mol. The molecule has 4 unspecified atom stereocenters. The molecule has 0 bridgehead atoms. The van der Waals surface area contributed by atoms with Gasteiger partial charge in [-0.25, -0.2) is 0 Å². The number of hydrogen-bond acceptors (Lipinski definition) is 6. The van der Waals surface area contributed by atoms with E-state index in [0.29, 0.717) is 13.2 Å². The Morgan fingerprint density at radius 2 is 1.00 bits per heavy atom. The van der Waals surface area contributed by atoms with E-state index < -0.39 is 0 Å². The molecule has 4 aliphatic rings. The lowest BCUT2D eigenvalue weighted by Gasteiger charge is -2.24. The molecule has 0 amide bonds. The lowest BCUT2D eigenvalue weighted by molar-refractivity contribution is -0.161. The quantitative estimate of drug-likeness (QED) is 0.713. The maximum absolute atomic E-state index is 12.4. The summed E-state index contributed by atoms with van der Waals surface area (Å²) < 4.78 is 23.0. The van der Waals surface area contributed by atoms with Crippen molar-refractivity contribution in [1.29, 1.82) is 0 Å². The van der Waals surface area contributed by atoms with Gasteiger partial charge in [0.25, 0.3) is 0 Å². The fraction of sp³-hybridized carbons (Fsp3) is 0.900. The van der Waals surface area contributed by atoms with Gasteiger partial charge in [-0.1, -0.05) is 38.5 Å². The normalized spacial score (nSPS) is 35.8. The smallest absolute Gasteiger partial charge is 0.309 e. The Morgan fingerprint density at radius 3 is 1.38 bits per heavy atom. The molecule has 0 aromatic heterocycles. The third-order valence-corrected chi connectivity index (χ3v) is 6.37. The lowest BCUT2D eigenvalue weighted by Crippen LogP contribution is -2.38. The molecule has 2 heterocycles. The van der Waals surface area contributed by atoms with E-state index in [0.717, 1.165) is 51.4 Å². The number of esters is 2. The van der Waals surface area contributed by atoms with Crippen molar-refractivity contribution in [3.63, 3.8) is 0 Å². The Bertz CT molecular complexity index is 462. The topological polar surface area (TPSA) is 71.1 Å². The van der Waals surface area contributed by atoms with Gasteiger partial charge < -0.3 is 18.9 Å². The van der Waals surface area contributed by atoms with Gasteiger partial charge in [0.1, 0.15) is 12.2 Å². The molecule has 4 fully saturated rings. The summed E-state index contributed by atoms with van der Waals surface area (Å²) in [5.74, 6) is -0.205. The summed E-state index contributed by atoms with van der Waals surface area (Å²) in [5, 5.41) is 0. The predicted octanol–water partition coefficient (Wildman–Crippen LogP) is 2.77. The number of fused-ring (bicyclic) bond motifs is 1. The number of hydrogen-bond donors (Lipinski definition) is 0. The highest BCUT2D eigenvalue weighted by atomic mass is 16.7. The van der Waals surface area contributed by atoms with Gasteiger partial charge in [-0.3, -0.25) is 9.59 Å². The first-order valence-electron chi connectivity index (χ1n) is 10.4. The summed E-state index contributed by atoms with van der Waals surface area (Å²) in [4.78, 5) is 24.8. The van der Waals surface area contributed by atoms with Crippen LogP contribution in [0, 0.1) is 11.8 Å². The van der Waals surface area contributed by atoms with Crippen molar-refractivity contribution in [3.8, 4) is 0 Å². The predicted molar refractivity (Wildman–Crippen MR) is 92.4 cm³/mol. The van der Waals surface area contributed by atoms with E-state index in [1.807, 2.05) is 0 Å². The van der Waals surface area contributed by atoms with Crippen molar-refractivity contribution in [3.05, 3.63) is 0 Å². The molecule has 6 heteroatoms. The average molecular weight is 366 g/mol. The van der Waals surface area contributed by atoms with Gasteiger partial charge in [0.2, 0.25) is 0 Å². The summed E-state index contributed by atoms with van der Waals surface area (Å²) in [6.07, 6.45) is 9.10. The first-order valence-corrected chi connectivity index (χ1v) is 10.4. The van der Waals surface area contributed by atoms with Crippen LogP contribution in [0.4, 0.5) is 0 Å². The number of carbonyl (C=O) groups excluding carboxylic acids is 2. The van der Waals surface area contributed by atoms with Gasteiger partial charge in [0.15, 0.2) is 12.2 Å². The molecule has 26 heavy (non-hydrogen) atoms. The average Bonchev–Trinajstić information content (AvgIpc) is 3.27. The zero-order valence-corrected chi connectivity index (χ0v) is 15.4. The van der Waals surface area contributed by atoms with Crippen LogP contribution in [-0.2, 0) is 28.5 Å². The first-order chi connectivity index (χ1) is 12.7. The van der Waals surface area contributed by atoms with Gasteiger partial charge in [-0.05, 0) is 25.7 Å². The largest absolute Gasteiger partial charge is 0.457 e. The molecule has 6 nitrogen and oxygen atoms in total. The van der Waals surface area contributed by atoms with Gasteiger partial charge in [-0.15, -0.1) is 0 Å². The van der Waals surface area contributed by atoms with Crippen LogP contribution >= 0.6 is 0 Å². The van der Waals surface area contributed by atoms with Crippen LogP contribution in [0.5, 0.6) is 0 Å². The van der Waals surface area contributed by atoms with Crippen molar-refractivity contribution in [2.45, 2.75) is 88.6 Å². The molecule has 0 radical (unpaired) electrons. The van der Waals surface area contributed by atoms with Crippen molar-refractivity contribution in [2.75, 3.05) is 13.2 Å². The molecule has 146 valence electrons. The van der Waals surface area contributed by atoms with E-state index in [-0.39, 0.29) is 48.2 Å². The fourth-order valence-electron chi connectivity index (χ4n) is 4.80. The van der Waals surface area contributed by atoms with E-state index in [1.165, 1.54) is 12.8 Å². The molecule has 0 N–H and O–H groups in total. The van der Waals surface area contributed by atoms with E-state index in [9.17, 15) is 9.59 Å². The standard InChI is InChI=1S/C20H30O6/c21-19(13-7-3-1-4-8-13)25-15-11-23-18-16(12-24-17(15)18)26-20(22)14-9-5-2-6-10-14/h13-18H,1-12H2. The highest BCUT2D eigenvalue weighted by Crippen LogP contribution is 2.34. The minimum Gasteiger partial charge on any atom is -0.457 e. The third kappa shape index (κ3) is 3.91. The Balaban J connectivity index is 1.28. The van der Waals surface area contributed by atoms with Crippen LogP contribution in [0.1, 0.15) is 64.2 Å². The van der Waals surface area contributed by atoms with Crippen molar-refractivity contribution in [1.82, 2.24) is 0 Å². The molecule has 2 saturated heterocycles. The van der Waals surface area contributed by atoms with Crippen LogP contribution in [0.15, 0.2) is 0 Å². The third-order valence-electron chi connectivity index (χ3n) is 6.37. The Kier molecular flexibility index (Phi) is 5.79. The van der Waals surface area contributed by atoms with Crippen LogP contribution < -0.4 is 0 Å². The Hall–Kier alpha value is -1.14. The van der Waals surface area contributed by atoms with Gasteiger partial charge in [0.05, 0.1) is 25.0 Å². The summed E-state index contributed by atoms with van der Waals surface area (Å²) in [6, 6.07) is 0. The monoisotopic (exact) mass is 366 g/mol. The fourth-order valence-corrected chi connectivity index (χ4v) is 4.80. The zero-order chi connectivity index (χ0) is 17.9. The van der Waals surface area contributed by atoms with Crippen LogP contribution in [0.2, 0.25) is 0 Å². The highest BCUT2D eigenvalue weighted by Gasteiger charge is 2.51. The minimum absolute atomic E-state index is 0.0177. The van der Waals surface area contributed by atoms with Gasteiger partial charge >= 0.3 is 11.9 Å². The number of carbonyl (C=O) groups is 2. The molecule has 2 aliphatic heterocycles. The second kappa shape index (κ2) is 8.26. The molecule has 2 aliphatic carbocycles. The lowest BCUT2D eigenvalue weighted by atomic mass is 9.89. The summed E-state index contributed by atoms with van der Waals surface area (Å²) in [5.41, 5.74) is 0. The highest BCUT2D eigenvalue weighted by molar-refractivity contribution is 5.73. The Morgan fingerprint density at radius 1 is 0.615 bits per heavy atom. The van der Waals surface area contributed by atoms with E-state index in [1.54, 1.807) is 0 Å². The molecule has 0 spiro atoms. The second-order valence-corrected chi connectivity index (χ2v) is 8.22. The number of ether oxygens (including phenoxy) is 4. The van der Waals surface area contributed by atoms with Gasteiger partial charge in [0, 0.05) is 0 Å². The van der Waals surface area contributed by atoms with Crippen LogP contribution in [0.25, 0.3) is 0 Å². The molecular formula is C20H30O6. The first kappa shape index (κ1) is 18.2. The van der Waals surface area contributed by atoms with E-state index in [4.69, 9.17) is 18.9 Å². The maximum atomic E-state index is 12.4. The molecule has 0 aromatic carbocycles. The van der Waals surface area contributed by atoms with Crippen molar-refractivity contribution >= 4 is 11.9 Å². The van der Waals surface area contributed by atoms with Crippen molar-refractivity contribution in [2.24, 2.45) is 11.8 Å². The van der Waals surface area contributed by atoms with Gasteiger partial charge in [-0.2, -0.15) is 0 Å². The number of rotatable bonds is 4. The minimum atomic E-state index is -0.382. The van der Waals surface area contributed by atoms with E-state index in [2.05, 4.69) is 0 Å². The molecule has 0 aromatic rings. The maximum Gasteiger partial charge on any atom is 0.309 e. The van der Waals surface area contributed by atoms with Crippen LogP contribution in [0.3, 0.4) is 0 Å².